The third kappa shape index (κ3) is 1.99. The fraction of sp³-hybridized carbons (Fsp3) is 0.278. The van der Waals surface area contributed by atoms with Crippen LogP contribution in [-0.2, 0) is 0 Å². The molecule has 0 saturated heterocycles. The highest BCUT2D eigenvalue weighted by molar-refractivity contribution is 5.99. The van der Waals surface area contributed by atoms with E-state index in [2.05, 4.69) is 44.2 Å². The lowest BCUT2D eigenvalue weighted by atomic mass is 9.71. The van der Waals surface area contributed by atoms with Crippen LogP contribution < -0.4 is 0 Å². The number of Topliss-reactive ketones (excluding diaryl/α,β-unsaturated/α-hetero) is 1. The molecule has 0 heterocycles. The summed E-state index contributed by atoms with van der Waals surface area (Å²) in [6, 6.07) is 16.5. The Bertz CT molecular complexity index is 627. The molecule has 0 spiro atoms. The summed E-state index contributed by atoms with van der Waals surface area (Å²) in [4.78, 5) is 12.3. The molecule has 1 aliphatic carbocycles. The van der Waals surface area contributed by atoms with Crippen molar-refractivity contribution in [2.45, 2.75) is 32.1 Å². The number of rotatable bonds is 1. The molecule has 2 atom stereocenters. The number of hydrogen-bond acceptors (Lipinski definition) is 1. The molecule has 3 rings (SSSR count). The second-order valence-electron chi connectivity index (χ2n) is 5.47. The second kappa shape index (κ2) is 4.65. The molecule has 0 fully saturated rings. The summed E-state index contributed by atoms with van der Waals surface area (Å²) in [6.07, 6.45) is 0.628. The van der Waals surface area contributed by atoms with E-state index in [-0.39, 0.29) is 5.78 Å². The van der Waals surface area contributed by atoms with E-state index in [0.29, 0.717) is 18.3 Å². The first-order valence-electron chi connectivity index (χ1n) is 6.86. The van der Waals surface area contributed by atoms with Crippen LogP contribution in [-0.4, -0.2) is 5.78 Å². The standard InChI is InChI=1S/C18H18O/c1-12-7-3-4-8-14(12)17-11-18(19)16-10-6-5-9-15(16)13(17)2/h3-10,13,17H,11H2,1-2H3. The Morgan fingerprint density at radius 2 is 1.58 bits per heavy atom. The van der Waals surface area contributed by atoms with Crippen molar-refractivity contribution in [2.24, 2.45) is 0 Å². The SMILES string of the molecule is Cc1ccccc1C1CC(=O)c2ccccc2C1C. The average Bonchev–Trinajstić information content (AvgIpc) is 2.44. The Morgan fingerprint density at radius 3 is 2.32 bits per heavy atom. The summed E-state index contributed by atoms with van der Waals surface area (Å²) in [5.74, 6) is 0.987. The van der Waals surface area contributed by atoms with Crippen LogP contribution in [0.1, 0.15) is 52.2 Å². The predicted molar refractivity (Wildman–Crippen MR) is 77.7 cm³/mol. The first-order chi connectivity index (χ1) is 9.18. The van der Waals surface area contributed by atoms with Gasteiger partial charge in [0.2, 0.25) is 0 Å². The number of aryl methyl sites for hydroxylation is 1. The number of benzene rings is 2. The smallest absolute Gasteiger partial charge is 0.163 e. The molecule has 19 heavy (non-hydrogen) atoms. The Balaban J connectivity index is 2.08. The van der Waals surface area contributed by atoms with Gasteiger partial charge in [-0.3, -0.25) is 4.79 Å². The maximum absolute atomic E-state index is 12.3. The normalized spacial score (nSPS) is 22.1. The van der Waals surface area contributed by atoms with E-state index in [9.17, 15) is 4.79 Å². The van der Waals surface area contributed by atoms with Crippen LogP contribution in [0.3, 0.4) is 0 Å². The van der Waals surface area contributed by atoms with Gasteiger partial charge in [0.15, 0.2) is 5.78 Å². The van der Waals surface area contributed by atoms with Gasteiger partial charge in [-0.1, -0.05) is 55.5 Å². The third-order valence-electron chi connectivity index (χ3n) is 4.35. The highest BCUT2D eigenvalue weighted by Gasteiger charge is 2.32. The highest BCUT2D eigenvalue weighted by Crippen LogP contribution is 2.42. The van der Waals surface area contributed by atoms with Crippen LogP contribution in [0.2, 0.25) is 0 Å². The largest absolute Gasteiger partial charge is 0.294 e. The lowest BCUT2D eigenvalue weighted by Gasteiger charge is -2.31. The first-order valence-corrected chi connectivity index (χ1v) is 6.86. The molecule has 1 heteroatoms. The fourth-order valence-electron chi connectivity index (χ4n) is 3.23. The number of hydrogen-bond donors (Lipinski definition) is 0. The predicted octanol–water partition coefficient (Wildman–Crippen LogP) is 4.47. The number of carbonyl (C=O) groups is 1. The van der Waals surface area contributed by atoms with E-state index in [0.717, 1.165) is 5.56 Å². The van der Waals surface area contributed by atoms with Gasteiger partial charge in [0.05, 0.1) is 0 Å². The van der Waals surface area contributed by atoms with Gasteiger partial charge in [-0.2, -0.15) is 0 Å². The van der Waals surface area contributed by atoms with Crippen LogP contribution in [0.5, 0.6) is 0 Å². The molecule has 0 saturated carbocycles. The quantitative estimate of drug-likeness (QED) is 0.730. The Hall–Kier alpha value is -1.89. The minimum Gasteiger partial charge on any atom is -0.294 e. The van der Waals surface area contributed by atoms with E-state index < -0.39 is 0 Å². The maximum atomic E-state index is 12.3. The van der Waals surface area contributed by atoms with E-state index in [1.54, 1.807) is 0 Å². The summed E-state index contributed by atoms with van der Waals surface area (Å²) in [6.45, 7) is 4.37. The fourth-order valence-corrected chi connectivity index (χ4v) is 3.23. The van der Waals surface area contributed by atoms with Crippen LogP contribution in [0, 0.1) is 6.92 Å². The molecular weight excluding hydrogens is 232 g/mol. The average molecular weight is 250 g/mol. The summed E-state index contributed by atoms with van der Waals surface area (Å²) in [5, 5.41) is 0. The highest BCUT2D eigenvalue weighted by atomic mass is 16.1. The van der Waals surface area contributed by atoms with E-state index >= 15 is 0 Å². The molecule has 0 radical (unpaired) electrons. The molecular formula is C18H18O. The summed E-state index contributed by atoms with van der Waals surface area (Å²) in [5.41, 5.74) is 4.72. The third-order valence-corrected chi connectivity index (χ3v) is 4.35. The lowest BCUT2D eigenvalue weighted by molar-refractivity contribution is 0.0958. The van der Waals surface area contributed by atoms with Gasteiger partial charge in [0.1, 0.15) is 0 Å². The van der Waals surface area contributed by atoms with Crippen LogP contribution >= 0.6 is 0 Å². The van der Waals surface area contributed by atoms with Crippen molar-refractivity contribution in [3.8, 4) is 0 Å². The van der Waals surface area contributed by atoms with Gasteiger partial charge < -0.3 is 0 Å². The molecule has 2 aromatic carbocycles. The van der Waals surface area contributed by atoms with E-state index in [1.807, 2.05) is 18.2 Å². The van der Waals surface area contributed by atoms with Gasteiger partial charge in [-0.05, 0) is 35.4 Å². The zero-order valence-electron chi connectivity index (χ0n) is 11.4. The molecule has 1 aliphatic rings. The maximum Gasteiger partial charge on any atom is 0.163 e. The molecule has 0 bridgehead atoms. The molecule has 96 valence electrons. The number of fused-ring (bicyclic) bond motifs is 1. The zero-order chi connectivity index (χ0) is 13.4. The van der Waals surface area contributed by atoms with Crippen molar-refractivity contribution in [3.63, 3.8) is 0 Å². The minimum absolute atomic E-state index is 0.280. The number of carbonyl (C=O) groups excluding carboxylic acids is 1. The van der Waals surface area contributed by atoms with Gasteiger partial charge in [0, 0.05) is 12.0 Å². The van der Waals surface area contributed by atoms with Crippen molar-refractivity contribution >= 4 is 5.78 Å². The molecule has 2 aromatic rings. The molecule has 2 unspecified atom stereocenters. The van der Waals surface area contributed by atoms with Crippen LogP contribution in [0.15, 0.2) is 48.5 Å². The summed E-state index contributed by atoms with van der Waals surface area (Å²) in [7, 11) is 0. The first kappa shape index (κ1) is 12.2. The van der Waals surface area contributed by atoms with Gasteiger partial charge in [0.25, 0.3) is 0 Å². The topological polar surface area (TPSA) is 17.1 Å². The second-order valence-corrected chi connectivity index (χ2v) is 5.47. The molecule has 0 amide bonds. The molecule has 0 aromatic heterocycles. The Labute approximate surface area is 114 Å². The lowest BCUT2D eigenvalue weighted by Crippen LogP contribution is -2.22. The van der Waals surface area contributed by atoms with Crippen LogP contribution in [0.4, 0.5) is 0 Å². The van der Waals surface area contributed by atoms with Crippen molar-refractivity contribution < 1.29 is 4.79 Å². The molecule has 0 N–H and O–H groups in total. The van der Waals surface area contributed by atoms with E-state index in [1.165, 1.54) is 16.7 Å². The number of ketones is 1. The minimum atomic E-state index is 0.280. The molecule has 1 nitrogen and oxygen atoms in total. The summed E-state index contributed by atoms with van der Waals surface area (Å²) >= 11 is 0. The van der Waals surface area contributed by atoms with Gasteiger partial charge in [-0.25, -0.2) is 0 Å². The van der Waals surface area contributed by atoms with Gasteiger partial charge in [-0.15, -0.1) is 0 Å². The molecule has 0 aliphatic heterocycles. The summed E-state index contributed by atoms with van der Waals surface area (Å²) < 4.78 is 0. The van der Waals surface area contributed by atoms with Crippen molar-refractivity contribution in [1.82, 2.24) is 0 Å². The van der Waals surface area contributed by atoms with Crippen molar-refractivity contribution in [3.05, 3.63) is 70.8 Å². The van der Waals surface area contributed by atoms with Crippen LogP contribution in [0.25, 0.3) is 0 Å². The Morgan fingerprint density at radius 1 is 0.947 bits per heavy atom. The zero-order valence-corrected chi connectivity index (χ0v) is 11.4. The van der Waals surface area contributed by atoms with Gasteiger partial charge >= 0.3 is 0 Å². The van der Waals surface area contributed by atoms with Crippen molar-refractivity contribution in [2.75, 3.05) is 0 Å². The Kier molecular flexibility index (Phi) is 2.98. The van der Waals surface area contributed by atoms with Crippen molar-refractivity contribution in [1.29, 1.82) is 0 Å². The van der Waals surface area contributed by atoms with E-state index in [4.69, 9.17) is 0 Å². The monoisotopic (exact) mass is 250 g/mol.